The van der Waals surface area contributed by atoms with E-state index >= 15 is 0 Å². The number of esters is 2. The number of hydrogen-bond donors (Lipinski definition) is 0. The summed E-state index contributed by atoms with van der Waals surface area (Å²) in [5.74, 6) is -1.02. The first kappa shape index (κ1) is 21.1. The Labute approximate surface area is 169 Å². The third-order valence-corrected chi connectivity index (χ3v) is 6.11. The molecule has 2 aliphatic heterocycles. The van der Waals surface area contributed by atoms with Crippen molar-refractivity contribution >= 4 is 23.7 Å². The van der Waals surface area contributed by atoms with Crippen molar-refractivity contribution in [3.8, 4) is 0 Å². The minimum Gasteiger partial charge on any atom is -0.469 e. The van der Waals surface area contributed by atoms with Gasteiger partial charge in [0.05, 0.1) is 13.5 Å². The average Bonchev–Trinajstić information content (AvgIpc) is 3.11. The molecule has 0 unspecified atom stereocenters. The van der Waals surface area contributed by atoms with Gasteiger partial charge in [-0.15, -0.1) is 11.8 Å². The summed E-state index contributed by atoms with van der Waals surface area (Å²) in [6.07, 6.45) is -1.50. The van der Waals surface area contributed by atoms with E-state index in [2.05, 4.69) is 0 Å². The van der Waals surface area contributed by atoms with Crippen molar-refractivity contribution in [3.63, 3.8) is 0 Å². The Morgan fingerprint density at radius 2 is 1.86 bits per heavy atom. The monoisotopic (exact) mass is 410 g/mol. The number of benzene rings is 1. The Hall–Kier alpha value is -1.61. The van der Waals surface area contributed by atoms with Crippen LogP contribution >= 0.6 is 11.8 Å². The molecule has 0 aliphatic carbocycles. The fraction of sp³-hybridized carbons (Fsp3) is 0.600. The van der Waals surface area contributed by atoms with Crippen LogP contribution in [0.15, 0.2) is 30.3 Å². The molecule has 4 atom stereocenters. The lowest BCUT2D eigenvalue weighted by Crippen LogP contribution is -2.42. The number of fused-ring (bicyclic) bond motifs is 1. The zero-order valence-corrected chi connectivity index (χ0v) is 17.3. The standard InChI is InChI=1S/C20H26O7S/c1-13(21)24-11-15-17-18(27-19(2,3)26-17)20(25-15,10-16(22)23-4)28-12-14-8-6-5-7-9-14/h5-9,15,17-18H,10-12H2,1-4H3/t15-,17-,18-,20-/m1/s1. The van der Waals surface area contributed by atoms with E-state index in [-0.39, 0.29) is 13.0 Å². The van der Waals surface area contributed by atoms with Crippen molar-refractivity contribution in [2.75, 3.05) is 13.7 Å². The molecule has 0 radical (unpaired) electrons. The Kier molecular flexibility index (Phi) is 6.34. The highest BCUT2D eigenvalue weighted by molar-refractivity contribution is 7.99. The molecule has 0 bridgehead atoms. The second-order valence-electron chi connectivity index (χ2n) is 7.32. The lowest BCUT2D eigenvalue weighted by Gasteiger charge is -2.33. The number of rotatable bonds is 7. The Morgan fingerprint density at radius 3 is 2.50 bits per heavy atom. The van der Waals surface area contributed by atoms with Crippen LogP contribution in [-0.2, 0) is 39.0 Å². The van der Waals surface area contributed by atoms with E-state index in [0.717, 1.165) is 5.56 Å². The molecule has 3 rings (SSSR count). The van der Waals surface area contributed by atoms with E-state index in [0.29, 0.717) is 5.75 Å². The molecule has 0 N–H and O–H groups in total. The lowest BCUT2D eigenvalue weighted by atomic mass is 10.1. The molecule has 2 aliphatic rings. The van der Waals surface area contributed by atoms with Crippen LogP contribution in [-0.4, -0.2) is 54.7 Å². The van der Waals surface area contributed by atoms with E-state index in [9.17, 15) is 9.59 Å². The third kappa shape index (κ3) is 4.68. The van der Waals surface area contributed by atoms with E-state index in [1.807, 2.05) is 44.2 Å². The minimum absolute atomic E-state index is 0.00181. The van der Waals surface area contributed by atoms with E-state index in [1.165, 1.54) is 25.8 Å². The van der Waals surface area contributed by atoms with Crippen LogP contribution in [0.1, 0.15) is 32.8 Å². The van der Waals surface area contributed by atoms with Crippen LogP contribution in [0.2, 0.25) is 0 Å². The maximum Gasteiger partial charge on any atom is 0.309 e. The van der Waals surface area contributed by atoms with Crippen LogP contribution in [0.5, 0.6) is 0 Å². The van der Waals surface area contributed by atoms with Crippen LogP contribution in [0.4, 0.5) is 0 Å². The molecule has 7 nitrogen and oxygen atoms in total. The molecule has 0 saturated carbocycles. The second kappa shape index (κ2) is 8.41. The molecular weight excluding hydrogens is 384 g/mol. The maximum atomic E-state index is 12.2. The normalized spacial score (nSPS) is 30.6. The maximum absolute atomic E-state index is 12.2. The van der Waals surface area contributed by atoms with Crippen molar-refractivity contribution < 1.29 is 33.3 Å². The van der Waals surface area contributed by atoms with Gasteiger partial charge in [-0.1, -0.05) is 30.3 Å². The van der Waals surface area contributed by atoms with Gasteiger partial charge in [-0.2, -0.15) is 0 Å². The van der Waals surface area contributed by atoms with Crippen LogP contribution in [0.3, 0.4) is 0 Å². The summed E-state index contributed by atoms with van der Waals surface area (Å²) < 4.78 is 28.5. The number of hydrogen-bond acceptors (Lipinski definition) is 8. The summed E-state index contributed by atoms with van der Waals surface area (Å²) in [5.41, 5.74) is 1.10. The molecule has 154 valence electrons. The Bertz CT molecular complexity index is 708. The van der Waals surface area contributed by atoms with Gasteiger partial charge in [0.15, 0.2) is 10.7 Å². The van der Waals surface area contributed by atoms with E-state index < -0.39 is 41.0 Å². The largest absolute Gasteiger partial charge is 0.469 e. The van der Waals surface area contributed by atoms with Gasteiger partial charge in [-0.3, -0.25) is 9.59 Å². The molecule has 8 heteroatoms. The summed E-state index contributed by atoms with van der Waals surface area (Å²) in [7, 11) is 1.34. The topological polar surface area (TPSA) is 80.3 Å². The molecule has 2 saturated heterocycles. The van der Waals surface area contributed by atoms with Gasteiger partial charge in [-0.25, -0.2) is 0 Å². The summed E-state index contributed by atoms with van der Waals surface area (Å²) in [6.45, 7) is 5.01. The van der Waals surface area contributed by atoms with E-state index in [1.54, 1.807) is 0 Å². The minimum atomic E-state index is -1.01. The molecular formula is C20H26O7S. The number of methoxy groups -OCH3 is 1. The number of carbonyl (C=O) groups excluding carboxylic acids is 2. The molecule has 0 spiro atoms. The quantitative estimate of drug-likeness (QED) is 0.635. The van der Waals surface area contributed by atoms with Crippen molar-refractivity contribution in [2.24, 2.45) is 0 Å². The summed E-state index contributed by atoms with van der Waals surface area (Å²) in [4.78, 5) is 22.5. The van der Waals surface area contributed by atoms with Gasteiger partial charge in [0.2, 0.25) is 0 Å². The van der Waals surface area contributed by atoms with Crippen molar-refractivity contribution in [2.45, 2.75) is 62.0 Å². The molecule has 0 aromatic heterocycles. The second-order valence-corrected chi connectivity index (χ2v) is 8.59. The SMILES string of the molecule is COC(=O)C[C@]1(SCc2ccccc2)O[C@H](COC(C)=O)[C@H]2OC(C)(C)O[C@H]21. The van der Waals surface area contributed by atoms with Crippen LogP contribution in [0, 0.1) is 0 Å². The van der Waals surface area contributed by atoms with Crippen LogP contribution < -0.4 is 0 Å². The molecule has 2 fully saturated rings. The predicted octanol–water partition coefficient (Wildman–Crippen LogP) is 2.66. The molecule has 28 heavy (non-hydrogen) atoms. The average molecular weight is 410 g/mol. The van der Waals surface area contributed by atoms with Gasteiger partial charge in [0.1, 0.15) is 24.9 Å². The molecule has 1 aromatic carbocycles. The first-order chi connectivity index (χ1) is 13.2. The lowest BCUT2D eigenvalue weighted by molar-refractivity contribution is -0.200. The molecule has 2 heterocycles. The van der Waals surface area contributed by atoms with Gasteiger partial charge in [0.25, 0.3) is 0 Å². The highest BCUT2D eigenvalue weighted by atomic mass is 32.2. The van der Waals surface area contributed by atoms with Crippen LogP contribution in [0.25, 0.3) is 0 Å². The first-order valence-corrected chi connectivity index (χ1v) is 10.1. The third-order valence-electron chi connectivity index (χ3n) is 4.68. The van der Waals surface area contributed by atoms with Gasteiger partial charge < -0.3 is 23.7 Å². The smallest absolute Gasteiger partial charge is 0.309 e. The van der Waals surface area contributed by atoms with Crippen molar-refractivity contribution in [3.05, 3.63) is 35.9 Å². The summed E-state index contributed by atoms with van der Waals surface area (Å²) in [6, 6.07) is 9.90. The highest BCUT2D eigenvalue weighted by Gasteiger charge is 2.64. The highest BCUT2D eigenvalue weighted by Crippen LogP contribution is 2.52. The fourth-order valence-electron chi connectivity index (χ4n) is 3.48. The van der Waals surface area contributed by atoms with Crippen molar-refractivity contribution in [1.82, 2.24) is 0 Å². The van der Waals surface area contributed by atoms with Crippen molar-refractivity contribution in [1.29, 1.82) is 0 Å². The number of carbonyl (C=O) groups is 2. The molecule has 0 amide bonds. The number of thioether (sulfide) groups is 1. The Morgan fingerprint density at radius 1 is 1.14 bits per heavy atom. The van der Waals surface area contributed by atoms with E-state index in [4.69, 9.17) is 23.7 Å². The fourth-order valence-corrected chi connectivity index (χ4v) is 4.84. The zero-order chi connectivity index (χ0) is 20.4. The predicted molar refractivity (Wildman–Crippen MR) is 102 cm³/mol. The summed E-state index contributed by atoms with van der Waals surface area (Å²) >= 11 is 1.47. The Balaban J connectivity index is 1.86. The van der Waals surface area contributed by atoms with Gasteiger partial charge >= 0.3 is 11.9 Å². The van der Waals surface area contributed by atoms with Gasteiger partial charge in [0, 0.05) is 12.7 Å². The van der Waals surface area contributed by atoms with Gasteiger partial charge in [-0.05, 0) is 19.4 Å². The summed E-state index contributed by atoms with van der Waals surface area (Å²) in [5, 5.41) is 0. The first-order valence-electron chi connectivity index (χ1n) is 9.16. The number of ether oxygens (including phenoxy) is 5. The molecule has 1 aromatic rings. The zero-order valence-electron chi connectivity index (χ0n) is 16.5.